The molecule has 1 saturated heterocycles. The summed E-state index contributed by atoms with van der Waals surface area (Å²) in [5.74, 6) is -0.0486. The van der Waals surface area contributed by atoms with Crippen molar-refractivity contribution in [1.82, 2.24) is 10.2 Å². The van der Waals surface area contributed by atoms with Crippen LogP contribution in [0.3, 0.4) is 0 Å². The Hall–Kier alpha value is -2.82. The van der Waals surface area contributed by atoms with Crippen LogP contribution < -0.4 is 5.32 Å². The average molecular weight is 324 g/mol. The molecule has 5 heteroatoms. The van der Waals surface area contributed by atoms with Crippen LogP contribution in [-0.2, 0) is 22.4 Å². The summed E-state index contributed by atoms with van der Waals surface area (Å²) >= 11 is 0. The molecular formula is C19H20N2O3. The lowest BCUT2D eigenvalue weighted by molar-refractivity contribution is -0.147. The first-order valence-electron chi connectivity index (χ1n) is 7.93. The minimum Gasteiger partial charge on any atom is -0.508 e. The number of benzene rings is 2. The van der Waals surface area contributed by atoms with E-state index < -0.39 is 12.1 Å². The Morgan fingerprint density at radius 3 is 2.25 bits per heavy atom. The van der Waals surface area contributed by atoms with E-state index in [4.69, 9.17) is 0 Å². The van der Waals surface area contributed by atoms with Gasteiger partial charge in [-0.1, -0.05) is 42.5 Å². The second-order valence-corrected chi connectivity index (χ2v) is 6.09. The molecule has 124 valence electrons. The van der Waals surface area contributed by atoms with Crippen LogP contribution in [0, 0.1) is 0 Å². The van der Waals surface area contributed by atoms with E-state index in [1.807, 2.05) is 30.3 Å². The van der Waals surface area contributed by atoms with Crippen LogP contribution in [0.2, 0.25) is 0 Å². The number of hydrogen-bond donors (Lipinski definition) is 2. The highest BCUT2D eigenvalue weighted by atomic mass is 16.3. The molecule has 1 heterocycles. The largest absolute Gasteiger partial charge is 0.508 e. The second kappa shape index (κ2) is 6.74. The summed E-state index contributed by atoms with van der Waals surface area (Å²) in [6, 6.07) is 15.3. The molecule has 2 unspecified atom stereocenters. The second-order valence-electron chi connectivity index (χ2n) is 6.09. The van der Waals surface area contributed by atoms with Crippen molar-refractivity contribution in [2.75, 3.05) is 7.05 Å². The van der Waals surface area contributed by atoms with E-state index in [0.717, 1.165) is 11.1 Å². The van der Waals surface area contributed by atoms with Crippen molar-refractivity contribution in [2.24, 2.45) is 0 Å². The molecule has 5 nitrogen and oxygen atoms in total. The Labute approximate surface area is 140 Å². The van der Waals surface area contributed by atoms with E-state index in [1.165, 1.54) is 4.90 Å². The summed E-state index contributed by atoms with van der Waals surface area (Å²) in [7, 11) is 1.67. The number of piperazine rings is 1. The first-order chi connectivity index (χ1) is 11.5. The van der Waals surface area contributed by atoms with Gasteiger partial charge < -0.3 is 15.3 Å². The molecule has 2 aromatic rings. The number of phenols is 1. The number of nitrogens with one attached hydrogen (secondary N) is 1. The highest BCUT2D eigenvalue weighted by Gasteiger charge is 2.38. The van der Waals surface area contributed by atoms with Crippen LogP contribution in [0.5, 0.6) is 5.75 Å². The molecule has 0 aromatic heterocycles. The summed E-state index contributed by atoms with van der Waals surface area (Å²) in [4.78, 5) is 26.6. The number of hydrogen-bond acceptors (Lipinski definition) is 3. The van der Waals surface area contributed by atoms with Gasteiger partial charge in [0.2, 0.25) is 11.8 Å². The van der Waals surface area contributed by atoms with Gasteiger partial charge in [0.25, 0.3) is 0 Å². The van der Waals surface area contributed by atoms with Gasteiger partial charge >= 0.3 is 0 Å². The monoisotopic (exact) mass is 324 g/mol. The molecule has 0 radical (unpaired) electrons. The predicted molar refractivity (Wildman–Crippen MR) is 90.4 cm³/mol. The normalized spacial score (nSPS) is 20.8. The van der Waals surface area contributed by atoms with Gasteiger partial charge in [0.05, 0.1) is 0 Å². The zero-order valence-corrected chi connectivity index (χ0v) is 13.5. The van der Waals surface area contributed by atoms with Crippen LogP contribution in [0.15, 0.2) is 54.6 Å². The lowest BCUT2D eigenvalue weighted by atomic mass is 9.97. The Balaban J connectivity index is 1.71. The first kappa shape index (κ1) is 16.1. The lowest BCUT2D eigenvalue weighted by Gasteiger charge is -2.36. The van der Waals surface area contributed by atoms with Gasteiger partial charge in [0, 0.05) is 19.9 Å². The van der Waals surface area contributed by atoms with Crippen molar-refractivity contribution in [3.05, 3.63) is 65.7 Å². The van der Waals surface area contributed by atoms with Crippen molar-refractivity contribution >= 4 is 11.8 Å². The van der Waals surface area contributed by atoms with E-state index in [-0.39, 0.29) is 17.6 Å². The summed E-state index contributed by atoms with van der Waals surface area (Å²) in [6.45, 7) is 0. The third-order valence-corrected chi connectivity index (χ3v) is 4.38. The fourth-order valence-corrected chi connectivity index (χ4v) is 2.98. The molecule has 0 saturated carbocycles. The molecular weight excluding hydrogens is 304 g/mol. The van der Waals surface area contributed by atoms with Crippen LogP contribution in [0.1, 0.15) is 11.1 Å². The van der Waals surface area contributed by atoms with Crippen LogP contribution in [0.25, 0.3) is 0 Å². The van der Waals surface area contributed by atoms with Gasteiger partial charge in [-0.05, 0) is 23.3 Å². The molecule has 2 aromatic carbocycles. The quantitative estimate of drug-likeness (QED) is 0.895. The van der Waals surface area contributed by atoms with E-state index >= 15 is 0 Å². The van der Waals surface area contributed by atoms with Crippen molar-refractivity contribution in [2.45, 2.75) is 24.9 Å². The molecule has 1 aliphatic heterocycles. The molecule has 2 atom stereocenters. The van der Waals surface area contributed by atoms with E-state index in [9.17, 15) is 14.7 Å². The van der Waals surface area contributed by atoms with Crippen molar-refractivity contribution < 1.29 is 14.7 Å². The molecule has 0 aliphatic carbocycles. The lowest BCUT2D eigenvalue weighted by Crippen LogP contribution is -2.63. The summed E-state index contributed by atoms with van der Waals surface area (Å²) < 4.78 is 0. The molecule has 24 heavy (non-hydrogen) atoms. The summed E-state index contributed by atoms with van der Waals surface area (Å²) in [5.41, 5.74) is 1.91. The molecule has 0 bridgehead atoms. The van der Waals surface area contributed by atoms with Crippen LogP contribution in [-0.4, -0.2) is 41.0 Å². The van der Waals surface area contributed by atoms with Crippen LogP contribution >= 0.6 is 0 Å². The van der Waals surface area contributed by atoms with Gasteiger partial charge in [0.1, 0.15) is 17.8 Å². The summed E-state index contributed by atoms with van der Waals surface area (Å²) in [6.07, 6.45) is 0.911. The number of carbonyl (C=O) groups excluding carboxylic acids is 2. The zero-order valence-electron chi connectivity index (χ0n) is 13.5. The Bertz CT molecular complexity index is 728. The van der Waals surface area contributed by atoms with Gasteiger partial charge in [-0.25, -0.2) is 0 Å². The standard InChI is InChI=1S/C19H20N2O3/c1-21-17(12-14-7-9-15(22)10-8-14)18(23)20-16(19(21)24)11-13-5-3-2-4-6-13/h2-10,16-17,22H,11-12H2,1H3,(H,20,23). The van der Waals surface area contributed by atoms with Crippen molar-refractivity contribution in [3.63, 3.8) is 0 Å². The van der Waals surface area contributed by atoms with E-state index in [2.05, 4.69) is 5.32 Å². The first-order valence-corrected chi connectivity index (χ1v) is 7.93. The highest BCUT2D eigenvalue weighted by Crippen LogP contribution is 2.17. The topological polar surface area (TPSA) is 69.6 Å². The van der Waals surface area contributed by atoms with Crippen molar-refractivity contribution in [1.29, 1.82) is 0 Å². The van der Waals surface area contributed by atoms with E-state index in [1.54, 1.807) is 31.3 Å². The fraction of sp³-hybridized carbons (Fsp3) is 0.263. The maximum atomic E-state index is 12.6. The number of likely N-dealkylation sites (N-methyl/N-ethyl adjacent to an activating group) is 1. The predicted octanol–water partition coefficient (Wildman–Crippen LogP) is 1.50. The minimum absolute atomic E-state index is 0.0813. The SMILES string of the molecule is CN1C(=O)C(Cc2ccccc2)NC(=O)C1Cc1ccc(O)cc1. The van der Waals surface area contributed by atoms with E-state index in [0.29, 0.717) is 12.8 Å². The zero-order chi connectivity index (χ0) is 17.1. The number of nitrogens with zero attached hydrogens (tertiary/aromatic N) is 1. The average Bonchev–Trinajstić information content (AvgIpc) is 2.59. The Morgan fingerprint density at radius 2 is 1.58 bits per heavy atom. The van der Waals surface area contributed by atoms with Gasteiger partial charge in [-0.15, -0.1) is 0 Å². The number of carbonyl (C=O) groups is 2. The fourth-order valence-electron chi connectivity index (χ4n) is 2.98. The molecule has 3 rings (SSSR count). The van der Waals surface area contributed by atoms with Gasteiger partial charge in [-0.2, -0.15) is 0 Å². The number of rotatable bonds is 4. The molecule has 2 N–H and O–H groups in total. The maximum absolute atomic E-state index is 12.6. The third-order valence-electron chi connectivity index (χ3n) is 4.38. The number of amides is 2. The maximum Gasteiger partial charge on any atom is 0.245 e. The Morgan fingerprint density at radius 1 is 0.958 bits per heavy atom. The summed E-state index contributed by atoms with van der Waals surface area (Å²) in [5, 5.41) is 12.2. The van der Waals surface area contributed by atoms with Crippen molar-refractivity contribution in [3.8, 4) is 5.75 Å². The number of phenolic OH excluding ortho intramolecular Hbond substituents is 1. The van der Waals surface area contributed by atoms with Crippen LogP contribution in [0.4, 0.5) is 0 Å². The van der Waals surface area contributed by atoms with Gasteiger partial charge in [-0.3, -0.25) is 9.59 Å². The molecule has 0 spiro atoms. The third kappa shape index (κ3) is 3.40. The Kier molecular flexibility index (Phi) is 4.51. The highest BCUT2D eigenvalue weighted by molar-refractivity contribution is 5.97. The smallest absolute Gasteiger partial charge is 0.245 e. The molecule has 1 fully saturated rings. The minimum atomic E-state index is -0.533. The van der Waals surface area contributed by atoms with Gasteiger partial charge in [0.15, 0.2) is 0 Å². The molecule has 2 amide bonds. The number of aromatic hydroxyl groups is 1. The molecule has 1 aliphatic rings.